The fraction of sp³-hybridized carbons (Fsp3) is 0.115. The molecule has 1 heterocycles. The summed E-state index contributed by atoms with van der Waals surface area (Å²) in [6, 6.07) is 17.1. The summed E-state index contributed by atoms with van der Waals surface area (Å²) in [4.78, 5) is 12.7. The third-order valence-electron chi connectivity index (χ3n) is 5.31. The molecule has 0 aliphatic carbocycles. The first-order valence-electron chi connectivity index (χ1n) is 9.98. The van der Waals surface area contributed by atoms with Gasteiger partial charge in [0.05, 0.1) is 29.1 Å². The van der Waals surface area contributed by atoms with E-state index in [2.05, 4.69) is 5.32 Å². The lowest BCUT2D eigenvalue weighted by molar-refractivity contribution is -0.111. The minimum absolute atomic E-state index is 0.300. The molecule has 0 saturated heterocycles. The summed E-state index contributed by atoms with van der Waals surface area (Å²) >= 11 is 12.2. The number of hydrogen-bond donors (Lipinski definition) is 1. The van der Waals surface area contributed by atoms with Gasteiger partial charge in [0.25, 0.3) is 0 Å². The van der Waals surface area contributed by atoms with Crippen molar-refractivity contribution in [1.29, 1.82) is 0 Å². The topological polar surface area (TPSA) is 51.5 Å². The van der Waals surface area contributed by atoms with Crippen molar-refractivity contribution in [1.82, 2.24) is 0 Å². The van der Waals surface area contributed by atoms with Crippen molar-refractivity contribution in [3.05, 3.63) is 88.1 Å². The van der Waals surface area contributed by atoms with Crippen molar-refractivity contribution in [2.75, 3.05) is 12.4 Å². The zero-order chi connectivity index (χ0) is 22.8. The number of methoxy groups -OCH3 is 1. The van der Waals surface area contributed by atoms with Crippen LogP contribution in [0.4, 0.5) is 5.69 Å². The van der Waals surface area contributed by atoms with E-state index < -0.39 is 0 Å². The van der Waals surface area contributed by atoms with Gasteiger partial charge in [0, 0.05) is 28.2 Å². The molecular weight excluding hydrogens is 445 g/mol. The summed E-state index contributed by atoms with van der Waals surface area (Å²) in [5.41, 5.74) is 5.66. The molecule has 32 heavy (non-hydrogen) atoms. The van der Waals surface area contributed by atoms with Crippen LogP contribution >= 0.6 is 23.2 Å². The van der Waals surface area contributed by atoms with Crippen LogP contribution in [0.25, 0.3) is 27.7 Å². The molecule has 0 atom stereocenters. The molecule has 0 radical (unpaired) electrons. The number of fused-ring (bicyclic) bond motifs is 1. The Bertz CT molecular complexity index is 1340. The van der Waals surface area contributed by atoms with E-state index in [0.29, 0.717) is 21.5 Å². The van der Waals surface area contributed by atoms with Crippen LogP contribution in [0.5, 0.6) is 5.75 Å². The van der Waals surface area contributed by atoms with E-state index in [1.807, 2.05) is 50.2 Å². The number of nitrogens with one attached hydrogen (secondary N) is 1. The molecule has 0 unspecified atom stereocenters. The molecule has 1 amide bonds. The molecule has 0 spiro atoms. The number of amides is 1. The molecule has 4 nitrogen and oxygen atoms in total. The lowest BCUT2D eigenvalue weighted by Crippen LogP contribution is -2.09. The Labute approximate surface area is 196 Å². The predicted octanol–water partition coefficient (Wildman–Crippen LogP) is 7.77. The molecule has 0 bridgehead atoms. The number of furan rings is 1. The second-order valence-corrected chi connectivity index (χ2v) is 8.18. The standard InChI is InChI=1S/C26H21Cl2NO3/c1-15(12-23(30)29-22-11-7-10-21(27)24(22)28)18-13-19-20(17-8-5-4-6-9-17)14-32-26(19)16(2)25(18)31-3/h4-14H,1-3H3,(H,29,30)/b15-12+. The van der Waals surface area contributed by atoms with Crippen LogP contribution in [0.3, 0.4) is 0 Å². The SMILES string of the molecule is COc1c(/C(C)=C/C(=O)Nc2cccc(Cl)c2Cl)cc2c(-c3ccccc3)coc2c1C. The van der Waals surface area contributed by atoms with Crippen molar-refractivity contribution in [2.24, 2.45) is 0 Å². The molecule has 0 saturated carbocycles. The summed E-state index contributed by atoms with van der Waals surface area (Å²) in [7, 11) is 1.61. The zero-order valence-electron chi connectivity index (χ0n) is 17.8. The second-order valence-electron chi connectivity index (χ2n) is 7.39. The van der Waals surface area contributed by atoms with Gasteiger partial charge in [-0.15, -0.1) is 0 Å². The molecule has 0 fully saturated rings. The van der Waals surface area contributed by atoms with E-state index in [0.717, 1.165) is 38.8 Å². The number of halogens is 2. The smallest absolute Gasteiger partial charge is 0.248 e. The fourth-order valence-electron chi connectivity index (χ4n) is 3.76. The lowest BCUT2D eigenvalue weighted by atomic mass is 9.96. The summed E-state index contributed by atoms with van der Waals surface area (Å²) in [6.45, 7) is 3.81. The Balaban J connectivity index is 1.76. The molecule has 0 aliphatic rings. The van der Waals surface area contributed by atoms with Gasteiger partial charge in [-0.05, 0) is 43.2 Å². The molecule has 6 heteroatoms. The maximum Gasteiger partial charge on any atom is 0.248 e. The van der Waals surface area contributed by atoms with E-state index in [1.165, 1.54) is 6.08 Å². The van der Waals surface area contributed by atoms with Gasteiger partial charge in [0.15, 0.2) is 0 Å². The minimum Gasteiger partial charge on any atom is -0.496 e. The molecular formula is C26H21Cl2NO3. The van der Waals surface area contributed by atoms with Crippen molar-refractivity contribution >= 4 is 51.3 Å². The number of ether oxygens (including phenoxy) is 1. The molecule has 162 valence electrons. The highest BCUT2D eigenvalue weighted by molar-refractivity contribution is 6.44. The van der Waals surface area contributed by atoms with Crippen LogP contribution in [-0.4, -0.2) is 13.0 Å². The monoisotopic (exact) mass is 465 g/mol. The number of aryl methyl sites for hydroxylation is 1. The Morgan fingerprint density at radius 1 is 1.09 bits per heavy atom. The number of rotatable bonds is 5. The average molecular weight is 466 g/mol. The number of hydrogen-bond acceptors (Lipinski definition) is 3. The van der Waals surface area contributed by atoms with Gasteiger partial charge in [-0.1, -0.05) is 59.6 Å². The summed E-state index contributed by atoms with van der Waals surface area (Å²) < 4.78 is 11.6. The van der Waals surface area contributed by atoms with E-state index in [9.17, 15) is 4.79 Å². The van der Waals surface area contributed by atoms with Crippen LogP contribution in [0, 0.1) is 6.92 Å². The van der Waals surface area contributed by atoms with Gasteiger partial charge in [-0.3, -0.25) is 4.79 Å². The van der Waals surface area contributed by atoms with E-state index in [-0.39, 0.29) is 5.91 Å². The first-order chi connectivity index (χ1) is 15.4. The van der Waals surface area contributed by atoms with Gasteiger partial charge in [-0.25, -0.2) is 0 Å². The van der Waals surface area contributed by atoms with Crippen molar-refractivity contribution < 1.29 is 13.9 Å². The fourth-order valence-corrected chi connectivity index (χ4v) is 4.10. The molecule has 1 N–H and O–H groups in total. The summed E-state index contributed by atoms with van der Waals surface area (Å²) in [5, 5.41) is 4.41. The molecule has 4 aromatic rings. The van der Waals surface area contributed by atoms with Crippen molar-refractivity contribution in [2.45, 2.75) is 13.8 Å². The third-order valence-corrected chi connectivity index (χ3v) is 6.13. The maximum absolute atomic E-state index is 12.7. The lowest BCUT2D eigenvalue weighted by Gasteiger charge is -2.13. The Kier molecular flexibility index (Phi) is 6.26. The minimum atomic E-state index is -0.318. The Hall–Kier alpha value is -3.21. The van der Waals surface area contributed by atoms with Gasteiger partial charge < -0.3 is 14.5 Å². The second kappa shape index (κ2) is 9.11. The molecule has 1 aromatic heterocycles. The van der Waals surface area contributed by atoms with Crippen LogP contribution in [0.2, 0.25) is 10.0 Å². The normalized spacial score (nSPS) is 11.6. The highest BCUT2D eigenvalue weighted by atomic mass is 35.5. The van der Waals surface area contributed by atoms with E-state index >= 15 is 0 Å². The number of carbonyl (C=O) groups is 1. The first kappa shape index (κ1) is 22.0. The molecule has 3 aromatic carbocycles. The van der Waals surface area contributed by atoms with Crippen molar-refractivity contribution in [3.63, 3.8) is 0 Å². The highest BCUT2D eigenvalue weighted by Gasteiger charge is 2.19. The third kappa shape index (κ3) is 4.12. The van der Waals surface area contributed by atoms with Crippen LogP contribution < -0.4 is 10.1 Å². The van der Waals surface area contributed by atoms with E-state index in [4.69, 9.17) is 32.4 Å². The van der Waals surface area contributed by atoms with Crippen LogP contribution in [0.15, 0.2) is 71.4 Å². The summed E-state index contributed by atoms with van der Waals surface area (Å²) in [6.07, 6.45) is 3.27. The van der Waals surface area contributed by atoms with Crippen LogP contribution in [-0.2, 0) is 4.79 Å². The largest absolute Gasteiger partial charge is 0.496 e. The molecule has 4 rings (SSSR count). The van der Waals surface area contributed by atoms with E-state index in [1.54, 1.807) is 31.6 Å². The number of benzene rings is 3. The highest BCUT2D eigenvalue weighted by Crippen LogP contribution is 2.40. The number of carbonyl (C=O) groups excluding carboxylic acids is 1. The van der Waals surface area contributed by atoms with Gasteiger partial charge >= 0.3 is 0 Å². The van der Waals surface area contributed by atoms with Gasteiger partial charge in [-0.2, -0.15) is 0 Å². The average Bonchev–Trinajstić information content (AvgIpc) is 3.22. The Morgan fingerprint density at radius 2 is 1.84 bits per heavy atom. The Morgan fingerprint density at radius 3 is 2.56 bits per heavy atom. The van der Waals surface area contributed by atoms with Crippen LogP contribution in [0.1, 0.15) is 18.1 Å². The molecule has 0 aliphatic heterocycles. The number of anilines is 1. The maximum atomic E-state index is 12.7. The quantitative estimate of drug-likeness (QED) is 0.306. The first-order valence-corrected chi connectivity index (χ1v) is 10.7. The summed E-state index contributed by atoms with van der Waals surface area (Å²) in [5.74, 6) is 0.343. The zero-order valence-corrected chi connectivity index (χ0v) is 19.3. The predicted molar refractivity (Wildman–Crippen MR) is 132 cm³/mol. The van der Waals surface area contributed by atoms with Crippen molar-refractivity contribution in [3.8, 4) is 16.9 Å². The van der Waals surface area contributed by atoms with Gasteiger partial charge in [0.1, 0.15) is 11.3 Å². The van der Waals surface area contributed by atoms with Gasteiger partial charge in [0.2, 0.25) is 5.91 Å². The number of allylic oxidation sites excluding steroid dienone is 1.